The highest BCUT2D eigenvalue weighted by atomic mass is 32.2. The van der Waals surface area contributed by atoms with Gasteiger partial charge in [0.15, 0.2) is 9.90 Å². The van der Waals surface area contributed by atoms with Crippen LogP contribution in [0.5, 0.6) is 5.75 Å². The van der Waals surface area contributed by atoms with Crippen molar-refractivity contribution in [3.63, 3.8) is 0 Å². The zero-order valence-corrected chi connectivity index (χ0v) is 15.8. The number of pyridine rings is 1. The summed E-state index contributed by atoms with van der Waals surface area (Å²) < 4.78 is 5.74. The molecular formula is C18H12N4O4S2. The summed E-state index contributed by atoms with van der Waals surface area (Å²) in [6, 6.07) is 12.1. The topological polar surface area (TPSA) is 118 Å². The third-order valence-corrected chi connectivity index (χ3v) is 5.72. The van der Waals surface area contributed by atoms with E-state index in [1.165, 1.54) is 17.8 Å². The molecule has 0 saturated carbocycles. The van der Waals surface area contributed by atoms with Gasteiger partial charge in [0.05, 0.1) is 11.1 Å². The number of hydrogen-bond acceptors (Lipinski definition) is 9. The van der Waals surface area contributed by atoms with Crippen molar-refractivity contribution in [3.8, 4) is 5.75 Å². The molecule has 0 aliphatic carbocycles. The van der Waals surface area contributed by atoms with Crippen LogP contribution in [0.2, 0.25) is 0 Å². The van der Waals surface area contributed by atoms with Gasteiger partial charge in [-0.2, -0.15) is 0 Å². The average molecular weight is 412 g/mol. The van der Waals surface area contributed by atoms with E-state index in [0.717, 1.165) is 17.0 Å². The van der Waals surface area contributed by atoms with Crippen molar-refractivity contribution in [2.75, 3.05) is 5.32 Å². The molecule has 0 atom stereocenters. The highest BCUT2D eigenvalue weighted by molar-refractivity contribution is 8.00. The molecule has 4 rings (SSSR count). The lowest BCUT2D eigenvalue weighted by molar-refractivity contribution is 0.102. The number of rotatable bonds is 5. The van der Waals surface area contributed by atoms with E-state index in [1.807, 2.05) is 18.2 Å². The van der Waals surface area contributed by atoms with Crippen LogP contribution in [0, 0.1) is 0 Å². The van der Waals surface area contributed by atoms with Crippen molar-refractivity contribution in [1.29, 1.82) is 0 Å². The maximum atomic E-state index is 12.5. The van der Waals surface area contributed by atoms with Crippen LogP contribution in [0.15, 0.2) is 62.2 Å². The summed E-state index contributed by atoms with van der Waals surface area (Å²) in [6.45, 7) is 0. The first-order valence-electron chi connectivity index (χ1n) is 8.04. The molecular weight excluding hydrogens is 400 g/mol. The number of amides is 1. The van der Waals surface area contributed by atoms with E-state index in [-0.39, 0.29) is 16.1 Å². The van der Waals surface area contributed by atoms with Crippen molar-refractivity contribution in [2.45, 2.75) is 10.1 Å². The molecule has 1 aromatic carbocycles. The number of nitrogens with zero attached hydrogens (tertiary/aromatic N) is 3. The van der Waals surface area contributed by atoms with Gasteiger partial charge < -0.3 is 9.52 Å². The molecule has 0 radical (unpaired) electrons. The molecule has 0 aliphatic rings. The van der Waals surface area contributed by atoms with Gasteiger partial charge in [-0.1, -0.05) is 41.3 Å². The zero-order valence-electron chi connectivity index (χ0n) is 14.2. The maximum absolute atomic E-state index is 12.5. The van der Waals surface area contributed by atoms with Crippen molar-refractivity contribution in [1.82, 2.24) is 15.2 Å². The van der Waals surface area contributed by atoms with Crippen LogP contribution >= 0.6 is 23.1 Å². The minimum atomic E-state index is -0.928. The molecule has 8 nitrogen and oxygen atoms in total. The molecule has 0 unspecified atom stereocenters. The quantitative estimate of drug-likeness (QED) is 0.291. The Labute approximate surface area is 166 Å². The molecule has 0 aliphatic heterocycles. The summed E-state index contributed by atoms with van der Waals surface area (Å²) in [6.07, 6.45) is 1.71. The Hall–Kier alpha value is -3.24. The summed E-state index contributed by atoms with van der Waals surface area (Å²) in [5.41, 5.74) is -0.308. The number of fused-ring (bicyclic) bond motifs is 1. The third-order valence-electron chi connectivity index (χ3n) is 3.71. The number of aromatic hydroxyl groups is 1. The van der Waals surface area contributed by atoms with E-state index >= 15 is 0 Å². The van der Waals surface area contributed by atoms with Gasteiger partial charge in [-0.05, 0) is 24.3 Å². The number of benzene rings is 1. The average Bonchev–Trinajstić information content (AvgIpc) is 3.14. The summed E-state index contributed by atoms with van der Waals surface area (Å²) in [5, 5.41) is 21.2. The fraction of sp³-hybridized carbons (Fsp3) is 0.0556. The monoisotopic (exact) mass is 412 g/mol. The van der Waals surface area contributed by atoms with Crippen LogP contribution in [-0.4, -0.2) is 26.2 Å². The standard InChI is InChI=1S/C18H12N4O4S2/c23-14-11-6-1-2-7-12(11)26-16(25)13(14)15(24)20-17-21-22-18(28-17)27-9-10-5-3-4-8-19-10/h1-8,23H,9H2,(H,20,21,24). The third kappa shape index (κ3) is 3.73. The number of carbonyl (C=O) groups excluding carboxylic acids is 1. The van der Waals surface area contributed by atoms with Gasteiger partial charge >= 0.3 is 5.63 Å². The Morgan fingerprint density at radius 1 is 1.18 bits per heavy atom. The van der Waals surface area contributed by atoms with Crippen LogP contribution in [0.4, 0.5) is 5.13 Å². The van der Waals surface area contributed by atoms with E-state index in [2.05, 4.69) is 20.5 Å². The highest BCUT2D eigenvalue weighted by Gasteiger charge is 2.22. The predicted molar refractivity (Wildman–Crippen MR) is 106 cm³/mol. The minimum Gasteiger partial charge on any atom is -0.506 e. The van der Waals surface area contributed by atoms with Crippen molar-refractivity contribution >= 4 is 45.1 Å². The molecule has 0 bridgehead atoms. The molecule has 0 saturated heterocycles. The van der Waals surface area contributed by atoms with Crippen LogP contribution < -0.4 is 10.9 Å². The van der Waals surface area contributed by atoms with Crippen molar-refractivity contribution in [3.05, 3.63) is 70.3 Å². The first-order valence-corrected chi connectivity index (χ1v) is 9.84. The molecule has 2 N–H and O–H groups in total. The second kappa shape index (κ2) is 7.79. The Balaban J connectivity index is 1.51. The smallest absolute Gasteiger partial charge is 0.353 e. The largest absolute Gasteiger partial charge is 0.506 e. The number of carbonyl (C=O) groups is 1. The predicted octanol–water partition coefficient (Wildman–Crippen LogP) is 3.29. The van der Waals surface area contributed by atoms with E-state index in [4.69, 9.17) is 4.42 Å². The Bertz CT molecular complexity index is 1210. The van der Waals surface area contributed by atoms with Crippen LogP contribution in [0.25, 0.3) is 11.0 Å². The molecule has 28 heavy (non-hydrogen) atoms. The van der Waals surface area contributed by atoms with Gasteiger partial charge in [0, 0.05) is 11.9 Å². The molecule has 3 aromatic heterocycles. The molecule has 4 aromatic rings. The summed E-state index contributed by atoms with van der Waals surface area (Å²) in [4.78, 5) is 28.8. The first kappa shape index (κ1) is 18.1. The van der Waals surface area contributed by atoms with Crippen molar-refractivity contribution in [2.24, 2.45) is 0 Å². The Morgan fingerprint density at radius 2 is 2.00 bits per heavy atom. The van der Waals surface area contributed by atoms with Gasteiger partial charge in [-0.3, -0.25) is 15.1 Å². The second-order valence-electron chi connectivity index (χ2n) is 5.55. The van der Waals surface area contributed by atoms with Gasteiger partial charge in [0.2, 0.25) is 5.13 Å². The van der Waals surface area contributed by atoms with Gasteiger partial charge in [-0.15, -0.1) is 10.2 Å². The second-order valence-corrected chi connectivity index (χ2v) is 7.75. The lowest BCUT2D eigenvalue weighted by atomic mass is 10.1. The van der Waals surface area contributed by atoms with Crippen LogP contribution in [0.3, 0.4) is 0 Å². The highest BCUT2D eigenvalue weighted by Crippen LogP contribution is 2.29. The SMILES string of the molecule is O=C(Nc1nnc(SCc2ccccn2)s1)c1c(O)c2ccccc2oc1=O. The van der Waals surface area contributed by atoms with Gasteiger partial charge in [0.25, 0.3) is 5.91 Å². The van der Waals surface area contributed by atoms with E-state index in [9.17, 15) is 14.7 Å². The molecule has 140 valence electrons. The molecule has 1 amide bonds. The van der Waals surface area contributed by atoms with Gasteiger partial charge in [-0.25, -0.2) is 4.79 Å². The summed E-state index contributed by atoms with van der Waals surface area (Å²) in [7, 11) is 0. The maximum Gasteiger partial charge on any atom is 0.353 e. The number of hydrogen-bond donors (Lipinski definition) is 2. The van der Waals surface area contributed by atoms with E-state index < -0.39 is 22.8 Å². The number of para-hydroxylation sites is 1. The number of nitrogens with one attached hydrogen (secondary N) is 1. The van der Waals surface area contributed by atoms with Crippen LogP contribution in [0.1, 0.15) is 16.1 Å². The lowest BCUT2D eigenvalue weighted by Crippen LogP contribution is -2.21. The molecule has 0 fully saturated rings. The Kier molecular flexibility index (Phi) is 5.04. The van der Waals surface area contributed by atoms with Crippen LogP contribution in [-0.2, 0) is 5.75 Å². The molecule has 10 heteroatoms. The number of thioether (sulfide) groups is 1. The van der Waals surface area contributed by atoms with E-state index in [1.54, 1.807) is 24.4 Å². The Morgan fingerprint density at radius 3 is 2.82 bits per heavy atom. The molecule has 0 spiro atoms. The minimum absolute atomic E-state index is 0.200. The van der Waals surface area contributed by atoms with Crippen molar-refractivity contribution < 1.29 is 14.3 Å². The fourth-order valence-corrected chi connectivity index (χ4v) is 4.09. The lowest BCUT2D eigenvalue weighted by Gasteiger charge is -2.05. The number of aromatic nitrogens is 3. The van der Waals surface area contributed by atoms with Gasteiger partial charge in [0.1, 0.15) is 11.3 Å². The van der Waals surface area contributed by atoms with E-state index in [0.29, 0.717) is 10.1 Å². The first-order chi connectivity index (χ1) is 13.6. The fourth-order valence-electron chi connectivity index (χ4n) is 2.43. The summed E-state index contributed by atoms with van der Waals surface area (Å²) >= 11 is 2.58. The summed E-state index contributed by atoms with van der Waals surface area (Å²) in [5.74, 6) is -0.633. The zero-order chi connectivity index (χ0) is 19.5. The number of anilines is 1. The molecule has 3 heterocycles. The normalized spacial score (nSPS) is 10.9.